The summed E-state index contributed by atoms with van der Waals surface area (Å²) in [6.07, 6.45) is 5.86. The number of hydrogen-bond acceptors (Lipinski definition) is 5. The van der Waals surface area contributed by atoms with Gasteiger partial charge in [0.05, 0.1) is 18.6 Å². The zero-order chi connectivity index (χ0) is 16.1. The molecule has 3 rings (SSSR count). The molecule has 1 atom stereocenters. The largest absolute Gasteiger partial charge is 0.383 e. The van der Waals surface area contributed by atoms with E-state index in [0.717, 1.165) is 51.4 Å². The lowest BCUT2D eigenvalue weighted by molar-refractivity contribution is -0.126. The first-order valence-electron chi connectivity index (χ1n) is 8.35. The zero-order valence-corrected chi connectivity index (χ0v) is 13.7. The minimum atomic E-state index is -0.210. The van der Waals surface area contributed by atoms with Crippen LogP contribution in [0.2, 0.25) is 0 Å². The Morgan fingerprint density at radius 2 is 2.30 bits per heavy atom. The molecule has 1 unspecified atom stereocenters. The number of nitrogens with zero attached hydrogens (tertiary/aromatic N) is 3. The highest BCUT2D eigenvalue weighted by molar-refractivity contribution is 5.80. The van der Waals surface area contributed by atoms with Gasteiger partial charge in [-0.25, -0.2) is 4.98 Å². The van der Waals surface area contributed by atoms with Crippen molar-refractivity contribution in [3.63, 3.8) is 0 Å². The first-order valence-corrected chi connectivity index (χ1v) is 8.35. The number of carbonyl (C=O) groups excluding carboxylic acids is 1. The Labute approximate surface area is 137 Å². The molecule has 2 aliphatic rings. The minimum Gasteiger partial charge on any atom is -0.383 e. The topological polar surface area (TPSA) is 68.6 Å². The molecule has 1 fully saturated rings. The van der Waals surface area contributed by atoms with Crippen LogP contribution < -0.4 is 5.32 Å². The van der Waals surface area contributed by atoms with E-state index in [1.165, 1.54) is 0 Å². The number of fused-ring (bicyclic) bond motifs is 1. The van der Waals surface area contributed by atoms with Gasteiger partial charge in [-0.15, -0.1) is 0 Å². The Kier molecular flexibility index (Phi) is 5.64. The fourth-order valence-electron chi connectivity index (χ4n) is 3.40. The standard InChI is InChI=1S/C16H26N4O3/c1-22-7-4-18-16(21)15-11-19(9-13-2-5-23-6-3-13)10-14-8-17-12-20(14)15/h8,12-13,15H,2-7,9-11H2,1H3,(H,18,21). The van der Waals surface area contributed by atoms with Crippen LogP contribution in [0.5, 0.6) is 0 Å². The van der Waals surface area contributed by atoms with Gasteiger partial charge in [0, 0.05) is 52.7 Å². The Morgan fingerprint density at radius 3 is 3.09 bits per heavy atom. The van der Waals surface area contributed by atoms with Crippen LogP contribution in [-0.4, -0.2) is 66.9 Å². The van der Waals surface area contributed by atoms with Gasteiger partial charge in [0.1, 0.15) is 6.04 Å². The number of hydrogen-bond donors (Lipinski definition) is 1. The Bertz CT molecular complexity index is 513. The lowest BCUT2D eigenvalue weighted by atomic mass is 9.98. The Morgan fingerprint density at radius 1 is 1.48 bits per heavy atom. The van der Waals surface area contributed by atoms with Crippen LogP contribution in [0.25, 0.3) is 0 Å². The first-order chi connectivity index (χ1) is 11.3. The maximum atomic E-state index is 12.5. The summed E-state index contributed by atoms with van der Waals surface area (Å²) in [6.45, 7) is 5.40. The fraction of sp³-hybridized carbons (Fsp3) is 0.750. The number of aromatic nitrogens is 2. The fourth-order valence-corrected chi connectivity index (χ4v) is 3.40. The van der Waals surface area contributed by atoms with Gasteiger partial charge in [-0.3, -0.25) is 9.69 Å². The second kappa shape index (κ2) is 7.90. The van der Waals surface area contributed by atoms with Crippen molar-refractivity contribution in [3.05, 3.63) is 18.2 Å². The van der Waals surface area contributed by atoms with E-state index >= 15 is 0 Å². The molecule has 1 amide bonds. The van der Waals surface area contributed by atoms with Crippen molar-refractivity contribution in [2.45, 2.75) is 25.4 Å². The molecule has 1 N–H and O–H groups in total. The Hall–Kier alpha value is -1.44. The summed E-state index contributed by atoms with van der Waals surface area (Å²) in [5.41, 5.74) is 1.11. The molecule has 1 saturated heterocycles. The lowest BCUT2D eigenvalue weighted by Gasteiger charge is -2.36. The molecule has 7 nitrogen and oxygen atoms in total. The summed E-state index contributed by atoms with van der Waals surface area (Å²) in [5, 5.41) is 2.95. The third-order valence-electron chi connectivity index (χ3n) is 4.66. The highest BCUT2D eigenvalue weighted by atomic mass is 16.5. The average Bonchev–Trinajstić information content (AvgIpc) is 3.03. The van der Waals surface area contributed by atoms with Crippen molar-refractivity contribution in [2.75, 3.05) is 46.6 Å². The number of nitrogens with one attached hydrogen (secondary N) is 1. The summed E-state index contributed by atoms with van der Waals surface area (Å²) < 4.78 is 12.4. The monoisotopic (exact) mass is 322 g/mol. The van der Waals surface area contributed by atoms with E-state index in [2.05, 4.69) is 15.2 Å². The van der Waals surface area contributed by atoms with E-state index in [1.54, 1.807) is 13.4 Å². The molecule has 1 aromatic rings. The first kappa shape index (κ1) is 16.4. The van der Waals surface area contributed by atoms with E-state index in [-0.39, 0.29) is 11.9 Å². The molecule has 0 aliphatic carbocycles. The summed E-state index contributed by atoms with van der Waals surface area (Å²) in [6, 6.07) is -0.210. The molecule has 1 aromatic heterocycles. The summed E-state index contributed by atoms with van der Waals surface area (Å²) in [7, 11) is 1.64. The molecular formula is C16H26N4O3. The van der Waals surface area contributed by atoms with Crippen LogP contribution in [0.3, 0.4) is 0 Å². The SMILES string of the molecule is COCCNC(=O)C1CN(CC2CCOCC2)Cc2cncn21. The van der Waals surface area contributed by atoms with Crippen molar-refractivity contribution in [1.29, 1.82) is 0 Å². The van der Waals surface area contributed by atoms with Crippen LogP contribution in [0.1, 0.15) is 24.6 Å². The maximum absolute atomic E-state index is 12.5. The van der Waals surface area contributed by atoms with Crippen LogP contribution in [0.4, 0.5) is 0 Å². The highest BCUT2D eigenvalue weighted by Gasteiger charge is 2.31. The van der Waals surface area contributed by atoms with Crippen molar-refractivity contribution in [2.24, 2.45) is 5.92 Å². The molecule has 0 aromatic carbocycles. The van der Waals surface area contributed by atoms with Gasteiger partial charge < -0.3 is 19.4 Å². The van der Waals surface area contributed by atoms with E-state index < -0.39 is 0 Å². The Balaban J connectivity index is 1.63. The van der Waals surface area contributed by atoms with E-state index in [1.807, 2.05) is 10.8 Å². The third-order valence-corrected chi connectivity index (χ3v) is 4.66. The van der Waals surface area contributed by atoms with E-state index in [9.17, 15) is 4.79 Å². The van der Waals surface area contributed by atoms with Crippen molar-refractivity contribution < 1.29 is 14.3 Å². The van der Waals surface area contributed by atoms with Gasteiger partial charge in [0.2, 0.25) is 5.91 Å². The third kappa shape index (κ3) is 4.10. The smallest absolute Gasteiger partial charge is 0.244 e. The van der Waals surface area contributed by atoms with Gasteiger partial charge in [-0.2, -0.15) is 0 Å². The number of amides is 1. The predicted octanol–water partition coefficient (Wildman–Crippen LogP) is 0.429. The second-order valence-corrected chi connectivity index (χ2v) is 6.34. The van der Waals surface area contributed by atoms with Gasteiger partial charge in [-0.05, 0) is 18.8 Å². The van der Waals surface area contributed by atoms with Crippen molar-refractivity contribution >= 4 is 5.91 Å². The lowest BCUT2D eigenvalue weighted by Crippen LogP contribution is -2.46. The number of ether oxygens (including phenoxy) is 2. The zero-order valence-electron chi connectivity index (χ0n) is 13.7. The van der Waals surface area contributed by atoms with Crippen LogP contribution in [-0.2, 0) is 20.8 Å². The van der Waals surface area contributed by atoms with Gasteiger partial charge in [0.25, 0.3) is 0 Å². The van der Waals surface area contributed by atoms with Crippen LogP contribution in [0, 0.1) is 5.92 Å². The molecule has 23 heavy (non-hydrogen) atoms. The predicted molar refractivity (Wildman–Crippen MR) is 85.0 cm³/mol. The molecule has 2 aliphatic heterocycles. The van der Waals surface area contributed by atoms with E-state index in [4.69, 9.17) is 9.47 Å². The molecule has 0 bridgehead atoms. The molecule has 0 spiro atoms. The van der Waals surface area contributed by atoms with Gasteiger partial charge >= 0.3 is 0 Å². The normalized spacial score (nSPS) is 22.7. The summed E-state index contributed by atoms with van der Waals surface area (Å²) in [4.78, 5) is 19.1. The number of carbonyl (C=O) groups is 1. The van der Waals surface area contributed by atoms with E-state index in [0.29, 0.717) is 19.1 Å². The second-order valence-electron chi connectivity index (χ2n) is 6.34. The summed E-state index contributed by atoms with van der Waals surface area (Å²) in [5.74, 6) is 0.702. The molecule has 128 valence electrons. The van der Waals surface area contributed by atoms with Crippen LogP contribution >= 0.6 is 0 Å². The number of rotatable bonds is 6. The average molecular weight is 322 g/mol. The van der Waals surface area contributed by atoms with Gasteiger partial charge in [0.15, 0.2) is 0 Å². The van der Waals surface area contributed by atoms with Gasteiger partial charge in [-0.1, -0.05) is 0 Å². The molecule has 0 saturated carbocycles. The number of methoxy groups -OCH3 is 1. The molecular weight excluding hydrogens is 296 g/mol. The number of imidazole rings is 1. The van der Waals surface area contributed by atoms with Crippen LogP contribution in [0.15, 0.2) is 12.5 Å². The quantitative estimate of drug-likeness (QED) is 0.769. The van der Waals surface area contributed by atoms with Crippen molar-refractivity contribution in [1.82, 2.24) is 19.8 Å². The summed E-state index contributed by atoms with van der Waals surface area (Å²) >= 11 is 0. The molecule has 7 heteroatoms. The molecule has 3 heterocycles. The minimum absolute atomic E-state index is 0.0398. The van der Waals surface area contributed by atoms with Crippen molar-refractivity contribution in [3.8, 4) is 0 Å². The maximum Gasteiger partial charge on any atom is 0.244 e. The molecule has 0 radical (unpaired) electrons. The highest BCUT2D eigenvalue weighted by Crippen LogP contribution is 2.24.